The lowest BCUT2D eigenvalue weighted by Crippen LogP contribution is -2.13. The standard InChI is InChI=1S/C19H20N4O2S/c1-13-5-3-4-6-16(13)12-21-19-10-9-17(22-23-19)15-8-7-14(2)18(11-15)26(20,24)25/h3-11H,12H2,1-2H3,(H,21,23)(H2,20,24,25). The summed E-state index contributed by atoms with van der Waals surface area (Å²) in [6.07, 6.45) is 0. The average Bonchev–Trinajstić information content (AvgIpc) is 2.61. The van der Waals surface area contributed by atoms with E-state index in [1.807, 2.05) is 18.2 Å². The second kappa shape index (κ2) is 7.23. The Kier molecular flexibility index (Phi) is 5.01. The molecule has 1 heterocycles. The Morgan fingerprint density at radius 1 is 0.962 bits per heavy atom. The van der Waals surface area contributed by atoms with Crippen LogP contribution in [0.2, 0.25) is 0 Å². The molecule has 0 aliphatic rings. The molecule has 0 aliphatic heterocycles. The number of hydrogen-bond acceptors (Lipinski definition) is 5. The van der Waals surface area contributed by atoms with Crippen LogP contribution in [0.5, 0.6) is 0 Å². The van der Waals surface area contributed by atoms with Crippen molar-refractivity contribution in [2.75, 3.05) is 5.32 Å². The molecule has 0 amide bonds. The largest absolute Gasteiger partial charge is 0.364 e. The smallest absolute Gasteiger partial charge is 0.238 e. The number of sulfonamides is 1. The second-order valence-electron chi connectivity index (χ2n) is 6.11. The first-order valence-electron chi connectivity index (χ1n) is 8.10. The van der Waals surface area contributed by atoms with E-state index in [0.29, 0.717) is 29.2 Å². The van der Waals surface area contributed by atoms with Crippen molar-refractivity contribution >= 4 is 15.8 Å². The highest BCUT2D eigenvalue weighted by atomic mass is 32.2. The van der Waals surface area contributed by atoms with Crippen molar-refractivity contribution in [3.63, 3.8) is 0 Å². The quantitative estimate of drug-likeness (QED) is 0.721. The molecule has 3 aromatic rings. The fraction of sp³-hybridized carbons (Fsp3) is 0.158. The van der Waals surface area contributed by atoms with E-state index >= 15 is 0 Å². The predicted octanol–water partition coefficient (Wildman–Crippen LogP) is 3.02. The van der Waals surface area contributed by atoms with Crippen LogP contribution in [-0.4, -0.2) is 18.6 Å². The molecule has 7 heteroatoms. The lowest BCUT2D eigenvalue weighted by atomic mass is 10.1. The van der Waals surface area contributed by atoms with Crippen molar-refractivity contribution in [3.8, 4) is 11.3 Å². The van der Waals surface area contributed by atoms with E-state index in [0.717, 1.165) is 0 Å². The third kappa shape index (κ3) is 4.07. The van der Waals surface area contributed by atoms with Gasteiger partial charge in [0.15, 0.2) is 0 Å². The minimum atomic E-state index is -3.78. The van der Waals surface area contributed by atoms with E-state index in [-0.39, 0.29) is 4.90 Å². The molecule has 0 atom stereocenters. The molecule has 3 N–H and O–H groups in total. The Morgan fingerprint density at radius 3 is 2.38 bits per heavy atom. The van der Waals surface area contributed by atoms with Gasteiger partial charge in [-0.2, -0.15) is 0 Å². The molecule has 0 spiro atoms. The van der Waals surface area contributed by atoms with Gasteiger partial charge in [-0.05, 0) is 48.7 Å². The van der Waals surface area contributed by atoms with Crippen LogP contribution >= 0.6 is 0 Å². The lowest BCUT2D eigenvalue weighted by molar-refractivity contribution is 0.597. The first-order chi connectivity index (χ1) is 12.3. The SMILES string of the molecule is Cc1ccccc1CNc1ccc(-c2ccc(C)c(S(N)(=O)=O)c2)nn1. The zero-order chi connectivity index (χ0) is 18.7. The van der Waals surface area contributed by atoms with E-state index in [4.69, 9.17) is 5.14 Å². The van der Waals surface area contributed by atoms with Crippen LogP contribution in [-0.2, 0) is 16.6 Å². The van der Waals surface area contributed by atoms with Gasteiger partial charge in [0.05, 0.1) is 10.6 Å². The van der Waals surface area contributed by atoms with Gasteiger partial charge in [-0.25, -0.2) is 13.6 Å². The van der Waals surface area contributed by atoms with E-state index in [1.165, 1.54) is 17.2 Å². The van der Waals surface area contributed by atoms with E-state index in [1.54, 1.807) is 25.1 Å². The molecular weight excluding hydrogens is 348 g/mol. The van der Waals surface area contributed by atoms with Gasteiger partial charge >= 0.3 is 0 Å². The van der Waals surface area contributed by atoms with Gasteiger partial charge in [0.25, 0.3) is 0 Å². The molecule has 1 aromatic heterocycles. The minimum absolute atomic E-state index is 0.0959. The van der Waals surface area contributed by atoms with Gasteiger partial charge in [0, 0.05) is 12.1 Å². The number of benzene rings is 2. The molecule has 0 bridgehead atoms. The van der Waals surface area contributed by atoms with Gasteiger partial charge in [-0.1, -0.05) is 36.4 Å². The number of aryl methyl sites for hydroxylation is 2. The molecule has 26 heavy (non-hydrogen) atoms. The van der Waals surface area contributed by atoms with Crippen molar-refractivity contribution in [2.24, 2.45) is 5.14 Å². The summed E-state index contributed by atoms with van der Waals surface area (Å²) in [7, 11) is -3.78. The number of rotatable bonds is 5. The maximum atomic E-state index is 11.7. The summed E-state index contributed by atoms with van der Waals surface area (Å²) in [6, 6.07) is 16.8. The maximum absolute atomic E-state index is 11.7. The van der Waals surface area contributed by atoms with Crippen molar-refractivity contribution in [3.05, 3.63) is 71.3 Å². The monoisotopic (exact) mass is 368 g/mol. The highest BCUT2D eigenvalue weighted by Gasteiger charge is 2.13. The Morgan fingerprint density at radius 2 is 1.73 bits per heavy atom. The molecule has 0 radical (unpaired) electrons. The topological polar surface area (TPSA) is 98.0 Å². The fourth-order valence-electron chi connectivity index (χ4n) is 2.64. The maximum Gasteiger partial charge on any atom is 0.238 e. The van der Waals surface area contributed by atoms with Crippen LogP contribution in [0.25, 0.3) is 11.3 Å². The number of anilines is 1. The van der Waals surface area contributed by atoms with Crippen LogP contribution in [0.15, 0.2) is 59.5 Å². The third-order valence-corrected chi connectivity index (χ3v) is 5.23. The minimum Gasteiger partial charge on any atom is -0.364 e. The zero-order valence-electron chi connectivity index (χ0n) is 14.6. The summed E-state index contributed by atoms with van der Waals surface area (Å²) < 4.78 is 23.3. The number of aromatic nitrogens is 2. The number of nitrogens with zero attached hydrogens (tertiary/aromatic N) is 2. The van der Waals surface area contributed by atoms with Crippen LogP contribution < -0.4 is 10.5 Å². The Labute approximate surface area is 153 Å². The first kappa shape index (κ1) is 18.0. The van der Waals surface area contributed by atoms with E-state index in [9.17, 15) is 8.42 Å². The van der Waals surface area contributed by atoms with Crippen molar-refractivity contribution in [2.45, 2.75) is 25.3 Å². The van der Waals surface area contributed by atoms with Crippen molar-refractivity contribution in [1.82, 2.24) is 10.2 Å². The van der Waals surface area contributed by atoms with E-state index < -0.39 is 10.0 Å². The molecule has 0 saturated heterocycles. The summed E-state index contributed by atoms with van der Waals surface area (Å²) in [6.45, 7) is 4.42. The predicted molar refractivity (Wildman–Crippen MR) is 102 cm³/mol. The second-order valence-corrected chi connectivity index (χ2v) is 7.64. The molecule has 134 valence electrons. The van der Waals surface area contributed by atoms with Crippen molar-refractivity contribution < 1.29 is 8.42 Å². The molecule has 0 aliphatic carbocycles. The molecule has 0 unspecified atom stereocenters. The molecule has 6 nitrogen and oxygen atoms in total. The van der Waals surface area contributed by atoms with Crippen LogP contribution in [0.1, 0.15) is 16.7 Å². The molecular formula is C19H20N4O2S. The highest BCUT2D eigenvalue weighted by Crippen LogP contribution is 2.23. The van der Waals surface area contributed by atoms with Gasteiger partial charge in [0.1, 0.15) is 5.82 Å². The normalized spacial score (nSPS) is 11.3. The summed E-state index contributed by atoms with van der Waals surface area (Å²) >= 11 is 0. The molecule has 2 aromatic carbocycles. The van der Waals surface area contributed by atoms with Crippen molar-refractivity contribution in [1.29, 1.82) is 0 Å². The van der Waals surface area contributed by atoms with Gasteiger partial charge < -0.3 is 5.32 Å². The number of nitrogens with one attached hydrogen (secondary N) is 1. The average molecular weight is 368 g/mol. The Balaban J connectivity index is 1.79. The summed E-state index contributed by atoms with van der Waals surface area (Å²) in [5, 5.41) is 16.9. The lowest BCUT2D eigenvalue weighted by Gasteiger charge is -2.09. The van der Waals surface area contributed by atoms with Gasteiger partial charge in [-0.3, -0.25) is 0 Å². The fourth-order valence-corrected chi connectivity index (χ4v) is 3.45. The Hall–Kier alpha value is -2.77. The number of nitrogens with two attached hydrogens (primary N) is 1. The zero-order valence-corrected chi connectivity index (χ0v) is 15.4. The summed E-state index contributed by atoms with van der Waals surface area (Å²) in [4.78, 5) is 0.0959. The highest BCUT2D eigenvalue weighted by molar-refractivity contribution is 7.89. The molecule has 0 fully saturated rings. The number of hydrogen-bond donors (Lipinski definition) is 2. The first-order valence-corrected chi connectivity index (χ1v) is 9.65. The van der Waals surface area contributed by atoms with Crippen LogP contribution in [0.4, 0.5) is 5.82 Å². The van der Waals surface area contributed by atoms with E-state index in [2.05, 4.69) is 34.6 Å². The van der Waals surface area contributed by atoms with Gasteiger partial charge in [0.2, 0.25) is 10.0 Å². The summed E-state index contributed by atoms with van der Waals surface area (Å²) in [5.74, 6) is 0.649. The molecule has 0 saturated carbocycles. The number of primary sulfonamides is 1. The van der Waals surface area contributed by atoms with Gasteiger partial charge in [-0.15, -0.1) is 10.2 Å². The third-order valence-electron chi connectivity index (χ3n) is 4.18. The van der Waals surface area contributed by atoms with Crippen LogP contribution in [0.3, 0.4) is 0 Å². The Bertz CT molecular complexity index is 1030. The molecule has 3 rings (SSSR count). The van der Waals surface area contributed by atoms with Crippen LogP contribution in [0, 0.1) is 13.8 Å². The summed E-state index contributed by atoms with van der Waals surface area (Å²) in [5.41, 5.74) is 4.23.